The van der Waals surface area contributed by atoms with Gasteiger partial charge >= 0.3 is 12.2 Å². The SMILES string of the molecule is CC1Oc2ccc(CN(Cc3cccc(C[N+](C)(C(=O)OC(C)(C)C)c4ccc5c(c4)N=C(N)C(C)O5)c3)C(=O)OC(C)(C)C)cc2N=C1N. The quantitative estimate of drug-likeness (QED) is 0.247. The molecule has 0 radical (unpaired) electrons. The molecule has 0 aromatic heterocycles. The van der Waals surface area contributed by atoms with Gasteiger partial charge in [0.15, 0.2) is 12.2 Å². The standard InChI is InChI=1S/C38H49N6O6/c1-23-33(39)41-29-18-26(13-15-31(29)47-23)21-43(35(45)49-37(3,4)5)20-25-11-10-12-27(17-25)22-44(9,36(46)50-38(6,7)8)28-14-16-32-30(19-28)42-34(40)24(2)48-32/h10-19,23-24H,20-22H2,1-9H3,(H2,39,41)(H2,40,42)/q+1. The van der Waals surface area contributed by atoms with E-state index in [2.05, 4.69) is 9.98 Å². The van der Waals surface area contributed by atoms with Crippen molar-refractivity contribution in [3.8, 4) is 11.5 Å². The summed E-state index contributed by atoms with van der Waals surface area (Å²) < 4.78 is 23.3. The molecule has 0 aliphatic carbocycles. The molecule has 3 aromatic carbocycles. The molecular weight excluding hydrogens is 636 g/mol. The predicted octanol–water partition coefficient (Wildman–Crippen LogP) is 7.24. The van der Waals surface area contributed by atoms with E-state index in [1.165, 1.54) is 0 Å². The maximum atomic E-state index is 14.0. The summed E-state index contributed by atoms with van der Waals surface area (Å²) in [5.74, 6) is 1.97. The Kier molecular flexibility index (Phi) is 9.89. The lowest BCUT2D eigenvalue weighted by Gasteiger charge is -2.33. The zero-order chi connectivity index (χ0) is 36.6. The Hall–Kier alpha value is -5.10. The fourth-order valence-corrected chi connectivity index (χ4v) is 5.58. The first-order valence-electron chi connectivity index (χ1n) is 16.7. The van der Waals surface area contributed by atoms with Gasteiger partial charge < -0.3 is 30.4 Å². The van der Waals surface area contributed by atoms with Gasteiger partial charge in [0.25, 0.3) is 0 Å². The van der Waals surface area contributed by atoms with Crippen molar-refractivity contribution in [2.24, 2.45) is 21.5 Å². The molecule has 266 valence electrons. The topological polar surface area (TPSA) is 151 Å². The highest BCUT2D eigenvalue weighted by Gasteiger charge is 2.40. The van der Waals surface area contributed by atoms with Gasteiger partial charge in [0, 0.05) is 30.8 Å². The smallest absolute Gasteiger partial charge is 0.481 e. The van der Waals surface area contributed by atoms with E-state index in [1.807, 2.05) is 117 Å². The van der Waals surface area contributed by atoms with E-state index in [1.54, 1.807) is 11.0 Å². The highest BCUT2D eigenvalue weighted by molar-refractivity contribution is 5.91. The molecule has 3 aromatic rings. The summed E-state index contributed by atoms with van der Waals surface area (Å²) in [5.41, 5.74) is 15.1. The molecule has 12 nitrogen and oxygen atoms in total. The van der Waals surface area contributed by atoms with Crippen LogP contribution in [-0.4, -0.2) is 59.2 Å². The Balaban J connectivity index is 1.45. The third-order valence-electron chi connectivity index (χ3n) is 8.16. The first-order chi connectivity index (χ1) is 23.3. The average Bonchev–Trinajstić information content (AvgIpc) is 3.00. The summed E-state index contributed by atoms with van der Waals surface area (Å²) in [6.07, 6.45) is -1.56. The van der Waals surface area contributed by atoms with Gasteiger partial charge in [0.2, 0.25) is 0 Å². The molecule has 50 heavy (non-hydrogen) atoms. The van der Waals surface area contributed by atoms with Crippen LogP contribution in [-0.2, 0) is 29.1 Å². The van der Waals surface area contributed by atoms with Crippen molar-refractivity contribution >= 4 is 40.9 Å². The fourth-order valence-electron chi connectivity index (χ4n) is 5.58. The van der Waals surface area contributed by atoms with Crippen LogP contribution in [0, 0.1) is 0 Å². The number of carbonyl (C=O) groups excluding carboxylic acids is 2. The number of carbonyl (C=O) groups is 2. The summed E-state index contributed by atoms with van der Waals surface area (Å²) >= 11 is 0. The summed E-state index contributed by atoms with van der Waals surface area (Å²) in [6, 6.07) is 18.9. The van der Waals surface area contributed by atoms with Crippen LogP contribution in [0.4, 0.5) is 26.7 Å². The first kappa shape index (κ1) is 36.2. The van der Waals surface area contributed by atoms with Crippen LogP contribution in [0.3, 0.4) is 0 Å². The van der Waals surface area contributed by atoms with Crippen LogP contribution in [0.2, 0.25) is 0 Å². The maximum absolute atomic E-state index is 14.0. The summed E-state index contributed by atoms with van der Waals surface area (Å²) in [6.45, 7) is 15.5. The predicted molar refractivity (Wildman–Crippen MR) is 195 cm³/mol. The molecule has 2 aliphatic rings. The Bertz CT molecular complexity index is 1840. The van der Waals surface area contributed by atoms with Crippen LogP contribution in [0.1, 0.15) is 72.1 Å². The van der Waals surface area contributed by atoms with Crippen LogP contribution >= 0.6 is 0 Å². The lowest BCUT2D eigenvalue weighted by Crippen LogP contribution is -2.52. The van der Waals surface area contributed by atoms with E-state index in [-0.39, 0.29) is 36.3 Å². The van der Waals surface area contributed by atoms with Gasteiger partial charge in [-0.25, -0.2) is 14.8 Å². The zero-order valence-corrected chi connectivity index (χ0v) is 30.4. The van der Waals surface area contributed by atoms with Crippen molar-refractivity contribution in [2.75, 3.05) is 7.05 Å². The van der Waals surface area contributed by atoms with Gasteiger partial charge in [-0.1, -0.05) is 24.3 Å². The van der Waals surface area contributed by atoms with E-state index in [0.29, 0.717) is 40.2 Å². The van der Waals surface area contributed by atoms with Gasteiger partial charge in [-0.2, -0.15) is 9.28 Å². The summed E-state index contributed by atoms with van der Waals surface area (Å²) in [7, 11) is 1.81. The number of aliphatic imine (C=N–C) groups is 2. The molecule has 2 aliphatic heterocycles. The molecule has 4 N–H and O–H groups in total. The van der Waals surface area contributed by atoms with Crippen LogP contribution in [0.25, 0.3) is 0 Å². The highest BCUT2D eigenvalue weighted by atomic mass is 16.6. The number of hydrogen-bond donors (Lipinski definition) is 2. The van der Waals surface area contributed by atoms with Crippen molar-refractivity contribution in [3.05, 3.63) is 77.4 Å². The molecule has 0 fully saturated rings. The fraction of sp³-hybridized carbons (Fsp3) is 0.421. The number of nitrogens with two attached hydrogens (primary N) is 2. The minimum atomic E-state index is -0.722. The van der Waals surface area contributed by atoms with Crippen LogP contribution in [0.15, 0.2) is 70.6 Å². The van der Waals surface area contributed by atoms with Crippen molar-refractivity contribution < 1.29 is 28.5 Å². The van der Waals surface area contributed by atoms with Crippen LogP contribution < -0.4 is 25.4 Å². The van der Waals surface area contributed by atoms with E-state index in [0.717, 1.165) is 16.7 Å². The van der Waals surface area contributed by atoms with Gasteiger partial charge in [-0.05, 0) is 90.8 Å². The third-order valence-corrected chi connectivity index (χ3v) is 8.16. The second-order valence-electron chi connectivity index (χ2n) is 15.0. The number of amides is 2. The summed E-state index contributed by atoms with van der Waals surface area (Å²) in [4.78, 5) is 38.2. The lowest BCUT2D eigenvalue weighted by atomic mass is 10.1. The molecule has 0 saturated heterocycles. The van der Waals surface area contributed by atoms with Crippen LogP contribution in [0.5, 0.6) is 11.5 Å². The minimum Gasteiger partial charge on any atom is -0.481 e. The second kappa shape index (κ2) is 13.7. The molecule has 2 heterocycles. The molecule has 3 atom stereocenters. The third kappa shape index (κ3) is 8.54. The molecular formula is C38H49N6O6+. The largest absolute Gasteiger partial charge is 0.521 e. The Morgan fingerprint density at radius 2 is 1.28 bits per heavy atom. The normalized spacial score (nSPS) is 18.2. The number of hydrogen-bond acceptors (Lipinski definition) is 10. The maximum Gasteiger partial charge on any atom is 0.521 e. The number of quaternary nitrogens is 1. The number of benzene rings is 3. The van der Waals surface area contributed by atoms with Gasteiger partial charge in [-0.3, -0.25) is 4.90 Å². The molecule has 0 spiro atoms. The highest BCUT2D eigenvalue weighted by Crippen LogP contribution is 2.39. The number of ether oxygens (including phenoxy) is 4. The number of amidine groups is 2. The zero-order valence-electron chi connectivity index (χ0n) is 30.4. The second-order valence-corrected chi connectivity index (χ2v) is 15.0. The van der Waals surface area contributed by atoms with Gasteiger partial charge in [0.05, 0.1) is 7.05 Å². The van der Waals surface area contributed by atoms with E-state index >= 15 is 0 Å². The van der Waals surface area contributed by atoms with E-state index in [4.69, 9.17) is 30.4 Å². The van der Waals surface area contributed by atoms with E-state index in [9.17, 15) is 9.59 Å². The summed E-state index contributed by atoms with van der Waals surface area (Å²) in [5, 5.41) is 0. The average molecular weight is 686 g/mol. The monoisotopic (exact) mass is 685 g/mol. The van der Waals surface area contributed by atoms with E-state index < -0.39 is 23.4 Å². The minimum absolute atomic E-state index is 0.214. The number of rotatable bonds is 7. The van der Waals surface area contributed by atoms with Crippen molar-refractivity contribution in [3.63, 3.8) is 0 Å². The van der Waals surface area contributed by atoms with Crippen molar-refractivity contribution in [1.29, 1.82) is 0 Å². The Morgan fingerprint density at radius 3 is 1.86 bits per heavy atom. The molecule has 0 bridgehead atoms. The molecule has 0 saturated carbocycles. The Morgan fingerprint density at radius 1 is 0.760 bits per heavy atom. The molecule has 3 unspecified atom stereocenters. The van der Waals surface area contributed by atoms with Crippen molar-refractivity contribution in [2.45, 2.75) is 98.4 Å². The van der Waals surface area contributed by atoms with Crippen molar-refractivity contribution in [1.82, 2.24) is 9.38 Å². The number of nitrogens with zero attached hydrogens (tertiary/aromatic N) is 4. The first-order valence-corrected chi connectivity index (χ1v) is 16.7. The Labute approximate surface area is 294 Å². The number of fused-ring (bicyclic) bond motifs is 2. The molecule has 5 rings (SSSR count). The lowest BCUT2D eigenvalue weighted by molar-refractivity contribution is 0.0216. The van der Waals surface area contributed by atoms with Gasteiger partial charge in [0.1, 0.15) is 58.0 Å². The molecule has 2 amide bonds. The van der Waals surface area contributed by atoms with Gasteiger partial charge in [-0.15, -0.1) is 0 Å². The molecule has 12 heteroatoms.